The van der Waals surface area contributed by atoms with Gasteiger partial charge in [-0.25, -0.2) is 0 Å². The van der Waals surface area contributed by atoms with E-state index in [1.807, 2.05) is 30.3 Å². The van der Waals surface area contributed by atoms with Crippen LogP contribution in [-0.4, -0.2) is 30.6 Å². The van der Waals surface area contributed by atoms with Crippen molar-refractivity contribution in [2.75, 3.05) is 13.7 Å². The highest BCUT2D eigenvalue weighted by molar-refractivity contribution is 5.80. The zero-order valence-corrected chi connectivity index (χ0v) is 15.7. The SMILES string of the molecule is CC[C@H](CNC(=O)[C@@H](C)Oc1cc([N+](=O)[O-])ccc1OC)c1ccccc1. The fraction of sp³-hybridized carbons (Fsp3) is 0.350. The van der Waals surface area contributed by atoms with Crippen LogP contribution in [0.3, 0.4) is 0 Å². The Hall–Kier alpha value is -3.09. The molecule has 0 saturated heterocycles. The molecule has 0 aliphatic carbocycles. The summed E-state index contributed by atoms with van der Waals surface area (Å²) >= 11 is 0. The lowest BCUT2D eigenvalue weighted by molar-refractivity contribution is -0.385. The first-order chi connectivity index (χ1) is 13.0. The van der Waals surface area contributed by atoms with Crippen LogP contribution in [0.25, 0.3) is 0 Å². The molecule has 2 aromatic rings. The Bertz CT molecular complexity index is 779. The highest BCUT2D eigenvalue weighted by Gasteiger charge is 2.20. The standard InChI is InChI=1S/C20H24N2O5/c1-4-15(16-8-6-5-7-9-16)13-21-20(23)14(2)27-19-12-17(22(24)25)10-11-18(19)26-3/h5-12,14-15H,4,13H2,1-3H3,(H,21,23)/t14-,15-/m1/s1. The molecule has 0 aliphatic rings. The summed E-state index contributed by atoms with van der Waals surface area (Å²) in [5.41, 5.74) is 1.03. The maximum atomic E-state index is 12.4. The van der Waals surface area contributed by atoms with E-state index in [9.17, 15) is 14.9 Å². The van der Waals surface area contributed by atoms with E-state index in [2.05, 4.69) is 12.2 Å². The number of rotatable bonds is 9. The van der Waals surface area contributed by atoms with E-state index in [1.54, 1.807) is 6.92 Å². The number of carbonyl (C=O) groups is 1. The molecule has 1 amide bonds. The number of hydrogen-bond donors (Lipinski definition) is 1. The summed E-state index contributed by atoms with van der Waals surface area (Å²) < 4.78 is 10.8. The summed E-state index contributed by atoms with van der Waals surface area (Å²) in [5.74, 6) is 0.396. The van der Waals surface area contributed by atoms with E-state index < -0.39 is 11.0 Å². The highest BCUT2D eigenvalue weighted by Crippen LogP contribution is 2.32. The molecule has 0 radical (unpaired) electrons. The summed E-state index contributed by atoms with van der Waals surface area (Å²) in [4.78, 5) is 22.8. The van der Waals surface area contributed by atoms with Crippen LogP contribution >= 0.6 is 0 Å². The monoisotopic (exact) mass is 372 g/mol. The van der Waals surface area contributed by atoms with Crippen LogP contribution < -0.4 is 14.8 Å². The number of methoxy groups -OCH3 is 1. The molecular weight excluding hydrogens is 348 g/mol. The fourth-order valence-corrected chi connectivity index (χ4v) is 2.71. The molecule has 0 heterocycles. The molecule has 0 spiro atoms. The Kier molecular flexibility index (Phi) is 7.16. The third-order valence-corrected chi connectivity index (χ3v) is 4.32. The van der Waals surface area contributed by atoms with Gasteiger partial charge in [0.2, 0.25) is 0 Å². The summed E-state index contributed by atoms with van der Waals surface area (Å²) in [6.45, 7) is 4.15. The van der Waals surface area contributed by atoms with Crippen LogP contribution in [0.15, 0.2) is 48.5 Å². The van der Waals surface area contributed by atoms with Gasteiger partial charge in [-0.3, -0.25) is 14.9 Å². The lowest BCUT2D eigenvalue weighted by Gasteiger charge is -2.19. The number of ether oxygens (including phenoxy) is 2. The molecule has 0 saturated carbocycles. The zero-order valence-electron chi connectivity index (χ0n) is 15.7. The summed E-state index contributed by atoms with van der Waals surface area (Å²) in [6.07, 6.45) is 0.0623. The van der Waals surface area contributed by atoms with Crippen LogP contribution in [-0.2, 0) is 4.79 Å². The number of nitrogens with one attached hydrogen (secondary N) is 1. The third kappa shape index (κ3) is 5.44. The number of amides is 1. The highest BCUT2D eigenvalue weighted by atomic mass is 16.6. The summed E-state index contributed by atoms with van der Waals surface area (Å²) in [5, 5.41) is 13.8. The van der Waals surface area contributed by atoms with Gasteiger partial charge in [0, 0.05) is 18.5 Å². The van der Waals surface area contributed by atoms with Gasteiger partial charge in [0.1, 0.15) is 0 Å². The van der Waals surface area contributed by atoms with Gasteiger partial charge in [-0.2, -0.15) is 0 Å². The van der Waals surface area contributed by atoms with Gasteiger partial charge in [-0.1, -0.05) is 37.3 Å². The van der Waals surface area contributed by atoms with E-state index in [0.717, 1.165) is 12.0 Å². The average molecular weight is 372 g/mol. The number of hydrogen-bond acceptors (Lipinski definition) is 5. The van der Waals surface area contributed by atoms with E-state index in [1.165, 1.54) is 25.3 Å². The maximum Gasteiger partial charge on any atom is 0.273 e. The minimum atomic E-state index is -0.825. The van der Waals surface area contributed by atoms with Gasteiger partial charge in [-0.05, 0) is 25.0 Å². The van der Waals surface area contributed by atoms with Crippen molar-refractivity contribution >= 4 is 11.6 Å². The maximum absolute atomic E-state index is 12.4. The van der Waals surface area contributed by atoms with Crippen molar-refractivity contribution in [3.05, 3.63) is 64.2 Å². The average Bonchev–Trinajstić information content (AvgIpc) is 2.68. The molecule has 0 aliphatic heterocycles. The quantitative estimate of drug-likeness (QED) is 0.536. The van der Waals surface area contributed by atoms with Gasteiger partial charge in [0.05, 0.1) is 18.1 Å². The van der Waals surface area contributed by atoms with Gasteiger partial charge in [-0.15, -0.1) is 0 Å². The van der Waals surface area contributed by atoms with Crippen LogP contribution in [0.2, 0.25) is 0 Å². The van der Waals surface area contributed by atoms with Crippen molar-refractivity contribution in [1.82, 2.24) is 5.32 Å². The molecule has 2 atom stereocenters. The predicted molar refractivity (Wildman–Crippen MR) is 102 cm³/mol. The number of carbonyl (C=O) groups excluding carboxylic acids is 1. The second-order valence-corrected chi connectivity index (χ2v) is 6.11. The Balaban J connectivity index is 2.01. The first-order valence-electron chi connectivity index (χ1n) is 8.78. The fourth-order valence-electron chi connectivity index (χ4n) is 2.71. The van der Waals surface area contributed by atoms with E-state index in [4.69, 9.17) is 9.47 Å². The van der Waals surface area contributed by atoms with Gasteiger partial charge >= 0.3 is 0 Å². The largest absolute Gasteiger partial charge is 0.493 e. The Morgan fingerprint density at radius 3 is 2.48 bits per heavy atom. The summed E-state index contributed by atoms with van der Waals surface area (Å²) in [7, 11) is 1.43. The van der Waals surface area contributed by atoms with E-state index in [0.29, 0.717) is 12.3 Å². The van der Waals surface area contributed by atoms with Gasteiger partial charge in [0.15, 0.2) is 17.6 Å². The zero-order chi connectivity index (χ0) is 19.8. The van der Waals surface area contributed by atoms with Crippen molar-refractivity contribution in [2.45, 2.75) is 32.3 Å². The molecule has 2 aromatic carbocycles. The molecule has 7 nitrogen and oxygen atoms in total. The van der Waals surface area contributed by atoms with E-state index >= 15 is 0 Å². The van der Waals surface area contributed by atoms with Crippen molar-refractivity contribution in [1.29, 1.82) is 0 Å². The molecule has 0 aromatic heterocycles. The lowest BCUT2D eigenvalue weighted by Crippen LogP contribution is -2.38. The molecule has 2 rings (SSSR count). The number of non-ortho nitro benzene ring substituents is 1. The van der Waals surface area contributed by atoms with Crippen molar-refractivity contribution in [2.24, 2.45) is 0 Å². The first-order valence-corrected chi connectivity index (χ1v) is 8.78. The molecule has 0 fully saturated rings. The van der Waals surface area contributed by atoms with E-state index in [-0.39, 0.29) is 23.3 Å². The first kappa shape index (κ1) is 20.2. The molecule has 7 heteroatoms. The lowest BCUT2D eigenvalue weighted by atomic mass is 9.96. The normalized spacial score (nSPS) is 12.7. The molecular formula is C20H24N2O5. The number of nitro benzene ring substituents is 1. The van der Waals surface area contributed by atoms with Crippen LogP contribution in [0, 0.1) is 10.1 Å². The number of nitrogens with zero attached hydrogens (tertiary/aromatic N) is 1. The van der Waals surface area contributed by atoms with Gasteiger partial charge < -0.3 is 14.8 Å². The smallest absolute Gasteiger partial charge is 0.273 e. The number of nitro groups is 1. The number of benzene rings is 2. The molecule has 0 bridgehead atoms. The molecule has 0 unspecified atom stereocenters. The molecule has 27 heavy (non-hydrogen) atoms. The van der Waals surface area contributed by atoms with Crippen LogP contribution in [0.1, 0.15) is 31.7 Å². The minimum absolute atomic E-state index is 0.131. The van der Waals surface area contributed by atoms with Crippen LogP contribution in [0.4, 0.5) is 5.69 Å². The Labute approximate surface area is 158 Å². The second kappa shape index (κ2) is 9.56. The molecule has 1 N–H and O–H groups in total. The minimum Gasteiger partial charge on any atom is -0.493 e. The Morgan fingerprint density at radius 1 is 1.19 bits per heavy atom. The van der Waals surface area contributed by atoms with Crippen molar-refractivity contribution in [3.63, 3.8) is 0 Å². The van der Waals surface area contributed by atoms with Crippen molar-refractivity contribution < 1.29 is 19.2 Å². The topological polar surface area (TPSA) is 90.7 Å². The van der Waals surface area contributed by atoms with Crippen LogP contribution in [0.5, 0.6) is 11.5 Å². The molecule has 144 valence electrons. The van der Waals surface area contributed by atoms with Crippen molar-refractivity contribution in [3.8, 4) is 11.5 Å². The second-order valence-electron chi connectivity index (χ2n) is 6.11. The third-order valence-electron chi connectivity index (χ3n) is 4.32. The Morgan fingerprint density at radius 2 is 1.89 bits per heavy atom. The van der Waals surface area contributed by atoms with Gasteiger partial charge in [0.25, 0.3) is 11.6 Å². The predicted octanol–water partition coefficient (Wildman–Crippen LogP) is 3.68. The summed E-state index contributed by atoms with van der Waals surface area (Å²) in [6, 6.07) is 14.0.